The molecule has 2 aliphatic heterocycles. The standard InChI is InChI=1S/C11H20OSi/c1-4-11-7-8-12-13(11)9(2)5-6-10(13)3/h4,9-10H,5-8H2,1-3H3/b11-4+. The highest BCUT2D eigenvalue weighted by Gasteiger charge is 2.54. The summed E-state index contributed by atoms with van der Waals surface area (Å²) in [6, 6.07) is 0. The van der Waals surface area contributed by atoms with Gasteiger partial charge in [-0.1, -0.05) is 38.0 Å². The van der Waals surface area contributed by atoms with Crippen LogP contribution in [0.3, 0.4) is 0 Å². The van der Waals surface area contributed by atoms with Gasteiger partial charge in [-0.3, -0.25) is 0 Å². The predicted molar refractivity (Wildman–Crippen MR) is 58.2 cm³/mol. The van der Waals surface area contributed by atoms with Gasteiger partial charge in [0.25, 0.3) is 0 Å². The molecule has 2 heteroatoms. The molecule has 74 valence electrons. The van der Waals surface area contributed by atoms with E-state index in [1.54, 1.807) is 5.20 Å². The van der Waals surface area contributed by atoms with Crippen molar-refractivity contribution in [3.05, 3.63) is 11.3 Å². The largest absolute Gasteiger partial charge is 0.412 e. The summed E-state index contributed by atoms with van der Waals surface area (Å²) in [6.45, 7) is 8.01. The average molecular weight is 196 g/mol. The highest BCUT2D eigenvalue weighted by molar-refractivity contribution is 6.84. The van der Waals surface area contributed by atoms with E-state index in [1.165, 1.54) is 19.3 Å². The number of hydrogen-bond acceptors (Lipinski definition) is 1. The zero-order valence-electron chi connectivity index (χ0n) is 8.97. The maximum atomic E-state index is 6.20. The lowest BCUT2D eigenvalue weighted by molar-refractivity contribution is 0.334. The van der Waals surface area contributed by atoms with Crippen LogP contribution in [0.4, 0.5) is 0 Å². The van der Waals surface area contributed by atoms with E-state index in [-0.39, 0.29) is 0 Å². The highest BCUT2D eigenvalue weighted by Crippen LogP contribution is 2.53. The van der Waals surface area contributed by atoms with E-state index in [1.807, 2.05) is 0 Å². The monoisotopic (exact) mass is 196 g/mol. The molecule has 0 amide bonds. The first-order valence-electron chi connectivity index (χ1n) is 5.51. The first-order chi connectivity index (χ1) is 6.21. The van der Waals surface area contributed by atoms with Crippen LogP contribution in [0.25, 0.3) is 0 Å². The van der Waals surface area contributed by atoms with Crippen molar-refractivity contribution in [3.63, 3.8) is 0 Å². The number of rotatable bonds is 0. The van der Waals surface area contributed by atoms with Crippen LogP contribution in [-0.4, -0.2) is 14.9 Å². The Morgan fingerprint density at radius 3 is 2.46 bits per heavy atom. The summed E-state index contributed by atoms with van der Waals surface area (Å²) in [5.74, 6) is 0. The Hall–Kier alpha value is -0.0831. The van der Waals surface area contributed by atoms with Crippen LogP contribution in [0, 0.1) is 0 Å². The van der Waals surface area contributed by atoms with Crippen molar-refractivity contribution in [3.8, 4) is 0 Å². The summed E-state index contributed by atoms with van der Waals surface area (Å²) in [5.41, 5.74) is 1.72. The molecule has 0 radical (unpaired) electrons. The summed E-state index contributed by atoms with van der Waals surface area (Å²) < 4.78 is 6.20. The van der Waals surface area contributed by atoms with Gasteiger partial charge in [0.1, 0.15) is 0 Å². The quantitative estimate of drug-likeness (QED) is 0.539. The van der Waals surface area contributed by atoms with Crippen molar-refractivity contribution in [2.24, 2.45) is 0 Å². The number of allylic oxidation sites excluding steroid dienone is 1. The molecule has 2 fully saturated rings. The fourth-order valence-corrected chi connectivity index (χ4v) is 8.89. The lowest BCUT2D eigenvalue weighted by Gasteiger charge is -2.31. The van der Waals surface area contributed by atoms with Crippen LogP contribution < -0.4 is 0 Å². The van der Waals surface area contributed by atoms with Crippen molar-refractivity contribution in [1.82, 2.24) is 0 Å². The van der Waals surface area contributed by atoms with Crippen LogP contribution in [0.2, 0.25) is 11.1 Å². The third kappa shape index (κ3) is 1.15. The van der Waals surface area contributed by atoms with Crippen LogP contribution in [-0.2, 0) is 4.43 Å². The van der Waals surface area contributed by atoms with Crippen LogP contribution >= 0.6 is 0 Å². The molecule has 2 aliphatic rings. The minimum Gasteiger partial charge on any atom is -0.412 e. The molecule has 2 rings (SSSR count). The molecular formula is C11H20OSi. The lowest BCUT2D eigenvalue weighted by atomic mass is 10.2. The van der Waals surface area contributed by atoms with Gasteiger partial charge in [0.05, 0.1) is 0 Å². The molecule has 0 aliphatic carbocycles. The summed E-state index contributed by atoms with van der Waals surface area (Å²) in [4.78, 5) is 0. The average Bonchev–Trinajstić information content (AvgIpc) is 2.67. The van der Waals surface area contributed by atoms with E-state index in [0.717, 1.165) is 17.7 Å². The molecule has 0 bridgehead atoms. The van der Waals surface area contributed by atoms with E-state index >= 15 is 0 Å². The number of hydrogen-bond donors (Lipinski definition) is 0. The van der Waals surface area contributed by atoms with E-state index in [0.29, 0.717) is 0 Å². The third-order valence-electron chi connectivity index (χ3n) is 4.06. The van der Waals surface area contributed by atoms with Crippen molar-refractivity contribution in [2.45, 2.75) is 51.1 Å². The van der Waals surface area contributed by atoms with Gasteiger partial charge in [0, 0.05) is 6.61 Å². The predicted octanol–water partition coefficient (Wildman–Crippen LogP) is 3.41. The summed E-state index contributed by atoms with van der Waals surface area (Å²) in [7, 11) is -1.44. The van der Waals surface area contributed by atoms with Gasteiger partial charge in [0.15, 0.2) is 0 Å². The summed E-state index contributed by atoms with van der Waals surface area (Å²) in [6.07, 6.45) is 6.35. The molecule has 0 aromatic carbocycles. The molecule has 0 N–H and O–H groups in total. The zero-order valence-corrected chi connectivity index (χ0v) is 9.97. The second kappa shape index (κ2) is 3.25. The van der Waals surface area contributed by atoms with Crippen LogP contribution in [0.1, 0.15) is 40.0 Å². The van der Waals surface area contributed by atoms with E-state index in [9.17, 15) is 0 Å². The topological polar surface area (TPSA) is 9.23 Å². The molecule has 2 heterocycles. The fourth-order valence-electron chi connectivity index (χ4n) is 3.32. The Kier molecular flexibility index (Phi) is 2.36. The van der Waals surface area contributed by atoms with E-state index < -0.39 is 8.32 Å². The minimum atomic E-state index is -1.44. The second-order valence-electron chi connectivity index (χ2n) is 4.58. The normalized spacial score (nSPS) is 48.1. The molecule has 2 atom stereocenters. The summed E-state index contributed by atoms with van der Waals surface area (Å²) in [5, 5.41) is 1.70. The fraction of sp³-hybridized carbons (Fsp3) is 0.818. The molecule has 13 heavy (non-hydrogen) atoms. The Morgan fingerprint density at radius 1 is 1.31 bits per heavy atom. The molecule has 2 unspecified atom stereocenters. The first-order valence-corrected chi connectivity index (χ1v) is 7.57. The van der Waals surface area contributed by atoms with Gasteiger partial charge in [0.2, 0.25) is 8.32 Å². The zero-order chi connectivity index (χ0) is 9.47. The van der Waals surface area contributed by atoms with Crippen molar-refractivity contribution < 1.29 is 4.43 Å². The van der Waals surface area contributed by atoms with Gasteiger partial charge in [-0.05, 0) is 24.4 Å². The second-order valence-corrected chi connectivity index (χ2v) is 9.07. The highest BCUT2D eigenvalue weighted by atomic mass is 28.4. The van der Waals surface area contributed by atoms with E-state index in [4.69, 9.17) is 4.43 Å². The van der Waals surface area contributed by atoms with Crippen molar-refractivity contribution >= 4 is 8.32 Å². The SMILES string of the molecule is C/C=C1\CCO[Si]12C(C)CCC2C. The Balaban J connectivity index is 2.36. The summed E-state index contributed by atoms with van der Waals surface area (Å²) >= 11 is 0. The third-order valence-corrected chi connectivity index (χ3v) is 9.79. The smallest absolute Gasteiger partial charge is 0.225 e. The van der Waals surface area contributed by atoms with Gasteiger partial charge < -0.3 is 4.43 Å². The van der Waals surface area contributed by atoms with Gasteiger partial charge >= 0.3 is 0 Å². The van der Waals surface area contributed by atoms with Crippen LogP contribution in [0.5, 0.6) is 0 Å². The first kappa shape index (κ1) is 9.47. The maximum absolute atomic E-state index is 6.20. The Bertz CT molecular complexity index is 224. The molecule has 1 spiro atoms. The Morgan fingerprint density at radius 2 is 1.92 bits per heavy atom. The molecule has 0 aromatic heterocycles. The van der Waals surface area contributed by atoms with Crippen molar-refractivity contribution in [1.29, 1.82) is 0 Å². The van der Waals surface area contributed by atoms with Gasteiger partial charge in [-0.2, -0.15) is 0 Å². The molecule has 0 aromatic rings. The minimum absolute atomic E-state index is 0.858. The molecule has 0 saturated carbocycles. The molecular weight excluding hydrogens is 176 g/mol. The van der Waals surface area contributed by atoms with E-state index in [2.05, 4.69) is 26.8 Å². The van der Waals surface area contributed by atoms with Gasteiger partial charge in [-0.25, -0.2) is 0 Å². The lowest BCUT2D eigenvalue weighted by Crippen LogP contribution is -2.40. The Labute approximate surface area is 82.3 Å². The maximum Gasteiger partial charge on any atom is 0.225 e. The molecule has 1 nitrogen and oxygen atoms in total. The van der Waals surface area contributed by atoms with Gasteiger partial charge in [-0.15, -0.1) is 0 Å². The van der Waals surface area contributed by atoms with Crippen LogP contribution in [0.15, 0.2) is 11.3 Å². The van der Waals surface area contributed by atoms with Crippen molar-refractivity contribution in [2.75, 3.05) is 6.61 Å². The molecule has 2 saturated heterocycles.